The zero-order chi connectivity index (χ0) is 25.1. The Kier molecular flexibility index (Phi) is 7.09. The molecule has 2 aliphatic rings. The Morgan fingerprint density at radius 3 is 2.64 bits per heavy atom. The molecule has 0 bridgehead atoms. The van der Waals surface area contributed by atoms with Gasteiger partial charge in [0, 0.05) is 25.5 Å². The van der Waals surface area contributed by atoms with Crippen molar-refractivity contribution >= 4 is 11.8 Å². The van der Waals surface area contributed by atoms with Gasteiger partial charge in [-0.1, -0.05) is 24.3 Å². The van der Waals surface area contributed by atoms with E-state index in [9.17, 15) is 9.59 Å². The lowest BCUT2D eigenvalue weighted by atomic mass is 9.90. The van der Waals surface area contributed by atoms with Gasteiger partial charge >= 0.3 is 0 Å². The summed E-state index contributed by atoms with van der Waals surface area (Å²) in [6, 6.07) is 11.5. The lowest BCUT2D eigenvalue weighted by Crippen LogP contribution is -2.34. The quantitative estimate of drug-likeness (QED) is 0.237. The van der Waals surface area contributed by atoms with Crippen molar-refractivity contribution in [3.8, 4) is 0 Å². The summed E-state index contributed by atoms with van der Waals surface area (Å²) in [4.78, 5) is 38.9. The minimum absolute atomic E-state index is 0.181. The summed E-state index contributed by atoms with van der Waals surface area (Å²) in [5.41, 5.74) is 4.52. The van der Waals surface area contributed by atoms with Crippen LogP contribution in [-0.4, -0.2) is 49.2 Å². The molecule has 186 valence electrons. The van der Waals surface area contributed by atoms with Crippen molar-refractivity contribution in [1.82, 2.24) is 24.3 Å². The molecule has 5 rings (SSSR count). The third-order valence-corrected chi connectivity index (χ3v) is 7.21. The molecule has 0 N–H and O–H groups in total. The highest BCUT2D eigenvalue weighted by Crippen LogP contribution is 2.34. The van der Waals surface area contributed by atoms with Crippen molar-refractivity contribution in [2.75, 3.05) is 13.1 Å². The number of fused-ring (bicyclic) bond motifs is 2. The number of aryl methyl sites for hydroxylation is 2. The fraction of sp³-hybridized carbons (Fsp3) is 0.379. The van der Waals surface area contributed by atoms with Gasteiger partial charge in [0.25, 0.3) is 11.8 Å². The van der Waals surface area contributed by atoms with Crippen molar-refractivity contribution in [1.29, 1.82) is 0 Å². The molecule has 1 atom stereocenters. The maximum absolute atomic E-state index is 12.7. The molecule has 7 nitrogen and oxygen atoms in total. The summed E-state index contributed by atoms with van der Waals surface area (Å²) in [5, 5.41) is 0. The van der Waals surface area contributed by atoms with Gasteiger partial charge in [-0.15, -0.1) is 6.58 Å². The molecule has 7 heteroatoms. The third kappa shape index (κ3) is 4.75. The number of unbranched alkanes of at least 4 members (excludes halogenated alkanes) is 1. The van der Waals surface area contributed by atoms with Crippen molar-refractivity contribution in [3.05, 3.63) is 95.3 Å². The van der Waals surface area contributed by atoms with Crippen molar-refractivity contribution < 1.29 is 9.59 Å². The Morgan fingerprint density at radius 1 is 1.11 bits per heavy atom. The summed E-state index contributed by atoms with van der Waals surface area (Å²) < 4.78 is 2.16. The van der Waals surface area contributed by atoms with E-state index in [1.54, 1.807) is 24.3 Å². The van der Waals surface area contributed by atoms with Crippen molar-refractivity contribution in [2.24, 2.45) is 0 Å². The van der Waals surface area contributed by atoms with E-state index in [-0.39, 0.29) is 17.9 Å². The van der Waals surface area contributed by atoms with Gasteiger partial charge in [-0.3, -0.25) is 24.4 Å². The standard InChI is InChI=1S/C29H33N5O2/c1-3-16-33-19-21(2)31-26(33)20-32(25-14-8-10-22-11-9-15-30-27(22)25)17-6-7-18-34-28(35)23-12-4-5-13-24(23)29(34)36/h3-5,9,11-13,15,19,25H,1,6-8,10,14,16-18,20H2,2H3. The van der Waals surface area contributed by atoms with Crippen LogP contribution in [0.4, 0.5) is 0 Å². The number of pyridine rings is 1. The molecule has 1 aliphatic heterocycles. The number of hydrogen-bond donors (Lipinski definition) is 0. The first-order valence-corrected chi connectivity index (χ1v) is 12.8. The summed E-state index contributed by atoms with van der Waals surface area (Å²) in [6.07, 6.45) is 10.7. The molecule has 0 spiro atoms. The molecule has 2 aromatic heterocycles. The highest BCUT2D eigenvalue weighted by Gasteiger charge is 2.34. The molecular formula is C29H33N5O2. The Labute approximate surface area is 212 Å². The predicted octanol–water partition coefficient (Wildman–Crippen LogP) is 4.73. The topological polar surface area (TPSA) is 71.3 Å². The fourth-order valence-electron chi connectivity index (χ4n) is 5.51. The highest BCUT2D eigenvalue weighted by atomic mass is 16.2. The van der Waals surface area contributed by atoms with Gasteiger partial charge < -0.3 is 4.57 Å². The maximum atomic E-state index is 12.7. The van der Waals surface area contributed by atoms with E-state index in [1.165, 1.54) is 16.2 Å². The first kappa shape index (κ1) is 24.1. The molecule has 2 amide bonds. The predicted molar refractivity (Wildman–Crippen MR) is 139 cm³/mol. The van der Waals surface area contributed by atoms with E-state index in [0.29, 0.717) is 17.7 Å². The van der Waals surface area contributed by atoms with Crippen molar-refractivity contribution in [3.63, 3.8) is 0 Å². The van der Waals surface area contributed by atoms with Crippen LogP contribution in [0.3, 0.4) is 0 Å². The van der Waals surface area contributed by atoms with Crippen molar-refractivity contribution in [2.45, 2.75) is 58.2 Å². The van der Waals surface area contributed by atoms with Gasteiger partial charge in [-0.05, 0) is 69.3 Å². The molecule has 3 heterocycles. The maximum Gasteiger partial charge on any atom is 0.261 e. The number of amides is 2. The number of carbonyl (C=O) groups is 2. The molecule has 1 unspecified atom stereocenters. The summed E-state index contributed by atoms with van der Waals surface area (Å²) in [6.45, 7) is 8.63. The second kappa shape index (κ2) is 10.6. The third-order valence-electron chi connectivity index (χ3n) is 7.21. The molecule has 1 aromatic carbocycles. The average molecular weight is 484 g/mol. The summed E-state index contributed by atoms with van der Waals surface area (Å²) in [7, 11) is 0. The normalized spacial score (nSPS) is 16.9. The first-order valence-electron chi connectivity index (χ1n) is 12.8. The van der Waals surface area contributed by atoms with Gasteiger partial charge in [0.2, 0.25) is 0 Å². The van der Waals surface area contributed by atoms with Gasteiger partial charge in [0.1, 0.15) is 5.82 Å². The van der Waals surface area contributed by atoms with Gasteiger partial charge in [0.05, 0.1) is 35.1 Å². The zero-order valence-corrected chi connectivity index (χ0v) is 20.9. The van der Waals surface area contributed by atoms with Gasteiger partial charge in [-0.25, -0.2) is 4.98 Å². The highest BCUT2D eigenvalue weighted by molar-refractivity contribution is 6.21. The fourth-order valence-corrected chi connectivity index (χ4v) is 5.51. The second-order valence-electron chi connectivity index (χ2n) is 9.68. The zero-order valence-electron chi connectivity index (χ0n) is 20.9. The second-order valence-corrected chi connectivity index (χ2v) is 9.68. The minimum Gasteiger partial charge on any atom is -0.330 e. The molecule has 0 saturated heterocycles. The van der Waals surface area contributed by atoms with Crippen LogP contribution in [0.5, 0.6) is 0 Å². The molecule has 3 aromatic rings. The smallest absolute Gasteiger partial charge is 0.261 e. The monoisotopic (exact) mass is 483 g/mol. The average Bonchev–Trinajstić information content (AvgIpc) is 3.36. The number of allylic oxidation sites excluding steroid dienone is 1. The van der Waals surface area contributed by atoms with Crippen LogP contribution in [0.15, 0.2) is 61.4 Å². The number of benzene rings is 1. The number of rotatable bonds is 10. The molecule has 0 radical (unpaired) electrons. The van der Waals surface area contributed by atoms with Crippen LogP contribution in [0.25, 0.3) is 0 Å². The van der Waals surface area contributed by atoms with Gasteiger partial charge in [0.15, 0.2) is 0 Å². The van der Waals surface area contributed by atoms with Crippen LogP contribution in [0.2, 0.25) is 0 Å². The molecule has 0 fully saturated rings. The number of carbonyl (C=O) groups excluding carboxylic acids is 2. The van der Waals surface area contributed by atoms with E-state index in [0.717, 1.165) is 63.3 Å². The lowest BCUT2D eigenvalue weighted by molar-refractivity contribution is 0.0648. The summed E-state index contributed by atoms with van der Waals surface area (Å²) in [5.74, 6) is 0.662. The summed E-state index contributed by atoms with van der Waals surface area (Å²) >= 11 is 0. The Hall–Kier alpha value is -3.58. The Bertz CT molecular complexity index is 1250. The molecule has 1 aliphatic carbocycles. The van der Waals surface area contributed by atoms with E-state index in [4.69, 9.17) is 9.97 Å². The molecule has 0 saturated carbocycles. The Balaban J connectivity index is 1.30. The van der Waals surface area contributed by atoms with Gasteiger partial charge in [-0.2, -0.15) is 0 Å². The molecular weight excluding hydrogens is 450 g/mol. The number of aromatic nitrogens is 3. The number of imide groups is 1. The number of imidazole rings is 1. The lowest BCUT2D eigenvalue weighted by Gasteiger charge is -2.35. The van der Waals surface area contributed by atoms with E-state index in [1.807, 2.05) is 25.3 Å². The van der Waals surface area contributed by atoms with Crippen LogP contribution in [0.1, 0.15) is 75.2 Å². The minimum atomic E-state index is -0.181. The number of hydrogen-bond acceptors (Lipinski definition) is 5. The Morgan fingerprint density at radius 2 is 1.89 bits per heavy atom. The molecule has 36 heavy (non-hydrogen) atoms. The van der Waals surface area contributed by atoms with E-state index >= 15 is 0 Å². The first-order chi connectivity index (χ1) is 17.6. The number of nitrogens with zero attached hydrogens (tertiary/aromatic N) is 5. The SMILES string of the molecule is C=CCn1cc(C)nc1CN(CCCCN1C(=O)c2ccccc2C1=O)C1CCCc2cccnc21. The largest absolute Gasteiger partial charge is 0.330 e. The van der Waals surface area contributed by atoms with Crippen LogP contribution >= 0.6 is 0 Å². The van der Waals surface area contributed by atoms with Crippen LogP contribution in [-0.2, 0) is 19.5 Å². The van der Waals surface area contributed by atoms with Crippen LogP contribution in [0, 0.1) is 6.92 Å². The van der Waals surface area contributed by atoms with E-state index in [2.05, 4.69) is 28.3 Å². The van der Waals surface area contributed by atoms with Crippen LogP contribution < -0.4 is 0 Å². The van der Waals surface area contributed by atoms with E-state index < -0.39 is 0 Å².